The van der Waals surface area contributed by atoms with Crippen molar-refractivity contribution in [2.75, 3.05) is 6.54 Å². The quantitative estimate of drug-likeness (QED) is 0.747. The Morgan fingerprint density at radius 3 is 2.82 bits per heavy atom. The van der Waals surface area contributed by atoms with Crippen molar-refractivity contribution in [3.63, 3.8) is 0 Å². The topological polar surface area (TPSA) is 46.2 Å². The van der Waals surface area contributed by atoms with Gasteiger partial charge in [-0.25, -0.2) is 0 Å². The second kappa shape index (κ2) is 4.21. The van der Waals surface area contributed by atoms with Crippen LogP contribution in [0.4, 0.5) is 0 Å². The molecule has 1 heterocycles. The Hall–Kier alpha value is -1.64. The number of ketones is 1. The van der Waals surface area contributed by atoms with Gasteiger partial charge in [-0.05, 0) is 54.7 Å². The van der Waals surface area contributed by atoms with Crippen LogP contribution < -0.4 is 5.32 Å². The van der Waals surface area contributed by atoms with Gasteiger partial charge in [0.15, 0.2) is 5.78 Å². The number of rotatable bonds is 0. The molecule has 3 fully saturated rings. The van der Waals surface area contributed by atoms with Crippen molar-refractivity contribution < 1.29 is 9.59 Å². The fourth-order valence-corrected chi connectivity index (χ4v) is 5.59. The van der Waals surface area contributed by atoms with Crippen molar-refractivity contribution in [2.45, 2.75) is 33.1 Å². The Labute approximate surface area is 131 Å². The van der Waals surface area contributed by atoms with Crippen LogP contribution in [0.2, 0.25) is 0 Å². The zero-order valence-corrected chi connectivity index (χ0v) is 13.3. The molecule has 0 aromatic carbocycles. The lowest BCUT2D eigenvalue weighted by Crippen LogP contribution is -2.50. The summed E-state index contributed by atoms with van der Waals surface area (Å²) < 4.78 is 0. The van der Waals surface area contributed by atoms with Crippen molar-refractivity contribution >= 4 is 11.7 Å². The highest BCUT2D eigenvalue weighted by Crippen LogP contribution is 2.62. The molecular formula is C19H23NO2. The number of fused-ring (bicyclic) bond motifs is 5. The number of hydrogen-bond donors (Lipinski definition) is 1. The molecule has 1 aliphatic heterocycles. The van der Waals surface area contributed by atoms with E-state index in [0.29, 0.717) is 17.8 Å². The third-order valence-electron chi connectivity index (χ3n) is 6.92. The van der Waals surface area contributed by atoms with Gasteiger partial charge in [-0.1, -0.05) is 32.1 Å². The highest BCUT2D eigenvalue weighted by molar-refractivity contribution is 6.02. The first kappa shape index (κ1) is 14.0. The summed E-state index contributed by atoms with van der Waals surface area (Å²) in [5.74, 6) is 1.66. The monoisotopic (exact) mass is 297 g/mol. The van der Waals surface area contributed by atoms with Crippen molar-refractivity contribution in [1.82, 2.24) is 5.32 Å². The normalized spacial score (nSPS) is 46.5. The summed E-state index contributed by atoms with van der Waals surface area (Å²) >= 11 is 0. The molecule has 0 aromatic rings. The molecule has 3 nitrogen and oxygen atoms in total. The lowest BCUT2D eigenvalue weighted by molar-refractivity contribution is -0.132. The first-order chi connectivity index (χ1) is 10.4. The van der Waals surface area contributed by atoms with Crippen molar-refractivity contribution in [3.8, 4) is 0 Å². The van der Waals surface area contributed by atoms with Gasteiger partial charge in [0.1, 0.15) is 0 Å². The molecule has 2 saturated carbocycles. The fourth-order valence-electron chi connectivity index (χ4n) is 5.59. The molecule has 1 saturated heterocycles. The van der Waals surface area contributed by atoms with Crippen LogP contribution in [0.1, 0.15) is 33.1 Å². The largest absolute Gasteiger partial charge is 0.355 e. The van der Waals surface area contributed by atoms with Crippen LogP contribution in [0.15, 0.2) is 36.0 Å². The average molecular weight is 297 g/mol. The maximum Gasteiger partial charge on any atom is 0.226 e. The Kier molecular flexibility index (Phi) is 2.68. The van der Waals surface area contributed by atoms with E-state index in [2.05, 4.69) is 31.8 Å². The van der Waals surface area contributed by atoms with Gasteiger partial charge in [0.2, 0.25) is 5.91 Å². The van der Waals surface area contributed by atoms with Crippen molar-refractivity contribution in [1.29, 1.82) is 0 Å². The number of carbonyl (C=O) groups is 2. The SMILES string of the molecule is C=C1C[C@@H]2[C@H](CC[C@]3(C)C(=O)NC[C@@H]23)[C@@]2(C)C=CC(=O)C=C12. The summed E-state index contributed by atoms with van der Waals surface area (Å²) in [6, 6.07) is 0. The third kappa shape index (κ3) is 1.57. The first-order valence-electron chi connectivity index (χ1n) is 8.28. The molecule has 116 valence electrons. The first-order valence-corrected chi connectivity index (χ1v) is 8.28. The molecule has 0 radical (unpaired) electrons. The molecule has 0 bridgehead atoms. The summed E-state index contributed by atoms with van der Waals surface area (Å²) in [5, 5.41) is 3.09. The van der Waals surface area contributed by atoms with Gasteiger partial charge in [-0.2, -0.15) is 0 Å². The minimum Gasteiger partial charge on any atom is -0.355 e. The molecule has 5 atom stereocenters. The Bertz CT molecular complexity index is 658. The lowest BCUT2D eigenvalue weighted by atomic mass is 9.48. The molecule has 3 aliphatic carbocycles. The van der Waals surface area contributed by atoms with Gasteiger partial charge < -0.3 is 5.32 Å². The molecule has 1 N–H and O–H groups in total. The third-order valence-corrected chi connectivity index (χ3v) is 6.92. The van der Waals surface area contributed by atoms with E-state index in [9.17, 15) is 9.59 Å². The highest BCUT2D eigenvalue weighted by atomic mass is 16.2. The van der Waals surface area contributed by atoms with E-state index in [1.54, 1.807) is 12.2 Å². The Balaban J connectivity index is 1.78. The fraction of sp³-hybridized carbons (Fsp3) is 0.579. The minimum atomic E-state index is -0.215. The van der Waals surface area contributed by atoms with Gasteiger partial charge >= 0.3 is 0 Å². The summed E-state index contributed by atoms with van der Waals surface area (Å²) in [6.07, 6.45) is 8.50. The van der Waals surface area contributed by atoms with Crippen LogP contribution in [-0.2, 0) is 9.59 Å². The maximum atomic E-state index is 12.3. The van der Waals surface area contributed by atoms with E-state index in [0.717, 1.165) is 37.0 Å². The van der Waals surface area contributed by atoms with Crippen LogP contribution in [0, 0.1) is 28.6 Å². The van der Waals surface area contributed by atoms with E-state index in [1.165, 1.54) is 0 Å². The second-order valence-electron chi connectivity index (χ2n) is 7.93. The summed E-state index contributed by atoms with van der Waals surface area (Å²) in [5.41, 5.74) is 1.90. The summed E-state index contributed by atoms with van der Waals surface area (Å²) in [7, 11) is 0. The van der Waals surface area contributed by atoms with Crippen LogP contribution in [0.25, 0.3) is 0 Å². The molecular weight excluding hydrogens is 274 g/mol. The molecule has 4 rings (SSSR count). The van der Waals surface area contributed by atoms with Crippen LogP contribution in [-0.4, -0.2) is 18.2 Å². The van der Waals surface area contributed by atoms with Crippen molar-refractivity contribution in [3.05, 3.63) is 36.0 Å². The standard InChI is InChI=1S/C19H23NO2/c1-11-8-13-14(18(2)6-4-12(21)9-15(11)18)5-7-19(3)16(13)10-20-17(19)22/h4,6,9,13-14,16H,1,5,7-8,10H2,2-3H3,(H,20,22)/t13-,14+,16+,18-,19+/m1/s1. The maximum absolute atomic E-state index is 12.3. The molecule has 1 amide bonds. The van der Waals surface area contributed by atoms with Crippen molar-refractivity contribution in [2.24, 2.45) is 28.6 Å². The van der Waals surface area contributed by atoms with Gasteiger partial charge in [-0.15, -0.1) is 0 Å². The molecule has 0 unspecified atom stereocenters. The average Bonchev–Trinajstić information content (AvgIpc) is 2.77. The van der Waals surface area contributed by atoms with E-state index >= 15 is 0 Å². The van der Waals surface area contributed by atoms with Gasteiger partial charge in [0, 0.05) is 12.0 Å². The lowest BCUT2D eigenvalue weighted by Gasteiger charge is -2.55. The minimum absolute atomic E-state index is 0.0745. The summed E-state index contributed by atoms with van der Waals surface area (Å²) in [6.45, 7) is 9.44. The van der Waals surface area contributed by atoms with Crippen LogP contribution in [0.3, 0.4) is 0 Å². The zero-order valence-electron chi connectivity index (χ0n) is 13.3. The zero-order chi connectivity index (χ0) is 15.7. The number of nitrogens with one attached hydrogen (secondary N) is 1. The molecule has 4 aliphatic rings. The van der Waals surface area contributed by atoms with E-state index < -0.39 is 0 Å². The van der Waals surface area contributed by atoms with Gasteiger partial charge in [0.05, 0.1) is 5.41 Å². The van der Waals surface area contributed by atoms with E-state index in [-0.39, 0.29) is 22.5 Å². The Morgan fingerprint density at radius 1 is 1.27 bits per heavy atom. The number of hydrogen-bond acceptors (Lipinski definition) is 2. The van der Waals surface area contributed by atoms with Gasteiger partial charge in [-0.3, -0.25) is 9.59 Å². The van der Waals surface area contributed by atoms with E-state index in [1.807, 2.05) is 0 Å². The van der Waals surface area contributed by atoms with E-state index in [4.69, 9.17) is 0 Å². The van der Waals surface area contributed by atoms with Gasteiger partial charge in [0.25, 0.3) is 0 Å². The molecule has 3 heteroatoms. The highest BCUT2D eigenvalue weighted by Gasteiger charge is 2.59. The predicted octanol–water partition coefficient (Wildman–Crippen LogP) is 2.80. The number of amides is 1. The predicted molar refractivity (Wildman–Crippen MR) is 84.9 cm³/mol. The molecule has 0 aromatic heterocycles. The van der Waals surface area contributed by atoms with Crippen LogP contribution in [0.5, 0.6) is 0 Å². The smallest absolute Gasteiger partial charge is 0.226 e. The van der Waals surface area contributed by atoms with Crippen LogP contribution >= 0.6 is 0 Å². The molecule has 0 spiro atoms. The number of carbonyl (C=O) groups excluding carboxylic acids is 2. The Morgan fingerprint density at radius 2 is 2.05 bits per heavy atom. The second-order valence-corrected chi connectivity index (χ2v) is 7.93. The number of allylic oxidation sites excluding steroid dienone is 5. The summed E-state index contributed by atoms with van der Waals surface area (Å²) in [4.78, 5) is 24.1. The molecule has 22 heavy (non-hydrogen) atoms.